The highest BCUT2D eigenvalue weighted by atomic mass is 35.5. The van der Waals surface area contributed by atoms with E-state index in [4.69, 9.17) is 44.4 Å². The van der Waals surface area contributed by atoms with Crippen molar-refractivity contribution in [3.63, 3.8) is 0 Å². The third-order valence-electron chi connectivity index (χ3n) is 4.58. The van der Waals surface area contributed by atoms with E-state index in [0.29, 0.717) is 91.8 Å². The van der Waals surface area contributed by atoms with Gasteiger partial charge in [-0.3, -0.25) is 0 Å². The fourth-order valence-electron chi connectivity index (χ4n) is 1.83. The first-order chi connectivity index (χ1) is 13.8. The summed E-state index contributed by atoms with van der Waals surface area (Å²) >= 11 is 5.49. The first kappa shape index (κ1) is 29.2. The largest absolute Gasteiger partial charge is 0.414 e. The second kappa shape index (κ2) is 19.0. The summed E-state index contributed by atoms with van der Waals surface area (Å²) in [6.07, 6.45) is 0. The molecule has 0 fully saturated rings. The second-order valence-corrected chi connectivity index (χ2v) is 13.2. The van der Waals surface area contributed by atoms with E-state index in [2.05, 4.69) is 33.9 Å². The summed E-state index contributed by atoms with van der Waals surface area (Å²) in [5, 5.41) is 0.231. The van der Waals surface area contributed by atoms with Crippen LogP contribution < -0.4 is 0 Å². The molecule has 0 saturated heterocycles. The molecule has 176 valence electrons. The van der Waals surface area contributed by atoms with Crippen LogP contribution >= 0.6 is 11.6 Å². The summed E-state index contributed by atoms with van der Waals surface area (Å²) in [5.74, 6) is 0.509. The lowest BCUT2D eigenvalue weighted by Crippen LogP contribution is -2.41. The van der Waals surface area contributed by atoms with Gasteiger partial charge in [-0.1, -0.05) is 20.8 Å². The number of hydrogen-bond acceptors (Lipinski definition) is 7. The molecule has 29 heavy (non-hydrogen) atoms. The maximum atomic E-state index is 6.05. The van der Waals surface area contributed by atoms with Gasteiger partial charge in [0.1, 0.15) is 0 Å². The molecule has 9 heteroatoms. The summed E-state index contributed by atoms with van der Waals surface area (Å²) in [7, 11) is -1.67. The molecule has 0 rings (SSSR count). The Labute approximate surface area is 183 Å². The molecule has 0 radical (unpaired) electrons. The third-order valence-corrected chi connectivity index (χ3v) is 9.27. The van der Waals surface area contributed by atoms with Crippen molar-refractivity contribution >= 4 is 19.9 Å². The lowest BCUT2D eigenvalue weighted by molar-refractivity contribution is -0.0174. The maximum absolute atomic E-state index is 6.05. The molecule has 0 amide bonds. The van der Waals surface area contributed by atoms with E-state index in [1.165, 1.54) is 0 Å². The zero-order valence-corrected chi connectivity index (χ0v) is 20.9. The van der Waals surface area contributed by atoms with Crippen molar-refractivity contribution in [2.24, 2.45) is 0 Å². The minimum Gasteiger partial charge on any atom is -0.414 e. The fraction of sp³-hybridized carbons (Fsp3) is 1.00. The highest BCUT2D eigenvalue weighted by Crippen LogP contribution is 2.36. The highest BCUT2D eigenvalue weighted by Gasteiger charge is 2.36. The lowest BCUT2D eigenvalue weighted by Gasteiger charge is -2.36. The second-order valence-electron chi connectivity index (χ2n) is 7.97. The minimum absolute atomic E-state index is 0.231. The van der Waals surface area contributed by atoms with Crippen LogP contribution in [0, 0.1) is 0 Å². The first-order valence-corrected chi connectivity index (χ1v) is 13.9. The topological polar surface area (TPSA) is 64.6 Å². The molecule has 0 aromatic rings. The predicted octanol–water partition coefficient (Wildman–Crippen LogP) is 3.35. The number of rotatable bonds is 21. The van der Waals surface area contributed by atoms with Crippen molar-refractivity contribution in [1.29, 1.82) is 0 Å². The van der Waals surface area contributed by atoms with Crippen LogP contribution in [0.4, 0.5) is 0 Å². The van der Waals surface area contributed by atoms with Crippen molar-refractivity contribution in [1.82, 2.24) is 0 Å². The van der Waals surface area contributed by atoms with Crippen LogP contribution in [0.25, 0.3) is 0 Å². The van der Waals surface area contributed by atoms with Gasteiger partial charge in [0.15, 0.2) is 8.32 Å². The van der Waals surface area contributed by atoms with Crippen LogP contribution in [0.3, 0.4) is 0 Å². The average Bonchev–Trinajstić information content (AvgIpc) is 2.65. The molecule has 0 spiro atoms. The van der Waals surface area contributed by atoms with Crippen LogP contribution in [0.5, 0.6) is 0 Å². The standard InChI is InChI=1S/C20H43ClO7Si/c1-20(2,3)29(4,5)28-19-18-27-17-16-26-15-14-25-13-12-24-11-10-23-9-8-22-7-6-21/h6-19H2,1-5H3. The summed E-state index contributed by atoms with van der Waals surface area (Å²) in [6, 6.07) is 0. The van der Waals surface area contributed by atoms with Gasteiger partial charge in [0.05, 0.1) is 85.9 Å². The molecule has 7 nitrogen and oxygen atoms in total. The van der Waals surface area contributed by atoms with Crippen LogP contribution in [0.1, 0.15) is 20.8 Å². The van der Waals surface area contributed by atoms with Crippen molar-refractivity contribution in [3.05, 3.63) is 0 Å². The number of halogens is 1. The summed E-state index contributed by atoms with van der Waals surface area (Å²) in [6.45, 7) is 18.5. The van der Waals surface area contributed by atoms with Crippen molar-refractivity contribution < 1.29 is 32.8 Å². The van der Waals surface area contributed by atoms with Gasteiger partial charge in [0.25, 0.3) is 0 Å². The molecule has 0 unspecified atom stereocenters. The Morgan fingerprint density at radius 1 is 0.517 bits per heavy atom. The van der Waals surface area contributed by atoms with E-state index in [0.717, 1.165) is 0 Å². The summed E-state index contributed by atoms with van der Waals surface area (Å²) in [5.41, 5.74) is 0. The van der Waals surface area contributed by atoms with Gasteiger partial charge < -0.3 is 32.8 Å². The number of ether oxygens (including phenoxy) is 6. The van der Waals surface area contributed by atoms with Crippen LogP contribution in [0.2, 0.25) is 18.1 Å². The van der Waals surface area contributed by atoms with Crippen LogP contribution in [-0.4, -0.2) is 100 Å². The first-order valence-electron chi connectivity index (χ1n) is 10.5. The van der Waals surface area contributed by atoms with Crippen LogP contribution in [-0.2, 0) is 32.8 Å². The van der Waals surface area contributed by atoms with E-state index in [9.17, 15) is 0 Å². The maximum Gasteiger partial charge on any atom is 0.192 e. The van der Waals surface area contributed by atoms with Crippen molar-refractivity contribution in [2.45, 2.75) is 38.9 Å². The Hall–Kier alpha value is 0.227. The lowest BCUT2D eigenvalue weighted by atomic mass is 10.2. The van der Waals surface area contributed by atoms with Gasteiger partial charge in [0, 0.05) is 5.88 Å². The highest BCUT2D eigenvalue weighted by molar-refractivity contribution is 6.74. The smallest absolute Gasteiger partial charge is 0.192 e. The molecule has 0 aliphatic carbocycles. The molecular weight excluding hydrogens is 416 g/mol. The Morgan fingerprint density at radius 3 is 1.07 bits per heavy atom. The Morgan fingerprint density at radius 2 is 0.793 bits per heavy atom. The number of hydrogen-bond donors (Lipinski definition) is 0. The van der Waals surface area contributed by atoms with Crippen molar-refractivity contribution in [3.8, 4) is 0 Å². The average molecular weight is 459 g/mol. The summed E-state index contributed by atoms with van der Waals surface area (Å²) < 4.78 is 38.5. The fourth-order valence-corrected chi connectivity index (χ4v) is 2.96. The molecule has 0 aromatic carbocycles. The normalized spacial score (nSPS) is 12.6. The van der Waals surface area contributed by atoms with Gasteiger partial charge in [0.2, 0.25) is 0 Å². The molecule has 0 aliphatic heterocycles. The Balaban J connectivity index is 3.17. The predicted molar refractivity (Wildman–Crippen MR) is 119 cm³/mol. The Bertz CT molecular complexity index is 354. The van der Waals surface area contributed by atoms with E-state index in [-0.39, 0.29) is 5.04 Å². The van der Waals surface area contributed by atoms with E-state index in [1.54, 1.807) is 0 Å². The molecule has 0 bridgehead atoms. The molecule has 0 heterocycles. The third kappa shape index (κ3) is 18.7. The molecule has 0 aliphatic rings. The van der Waals surface area contributed by atoms with E-state index in [1.807, 2.05) is 0 Å². The SMILES string of the molecule is CC(C)(C)[Si](C)(C)OCCOCCOCCOCCOCCOCCOCCCl. The van der Waals surface area contributed by atoms with Gasteiger partial charge in [-0.25, -0.2) is 0 Å². The molecular formula is C20H43ClO7Si. The van der Waals surface area contributed by atoms with Gasteiger partial charge in [-0.15, -0.1) is 11.6 Å². The summed E-state index contributed by atoms with van der Waals surface area (Å²) in [4.78, 5) is 0. The minimum atomic E-state index is -1.67. The molecule has 0 N–H and O–H groups in total. The molecule has 0 saturated carbocycles. The zero-order valence-electron chi connectivity index (χ0n) is 19.1. The van der Waals surface area contributed by atoms with E-state index >= 15 is 0 Å². The van der Waals surface area contributed by atoms with Crippen molar-refractivity contribution in [2.75, 3.05) is 91.8 Å². The van der Waals surface area contributed by atoms with Gasteiger partial charge in [-0.05, 0) is 18.1 Å². The molecule has 0 atom stereocenters. The zero-order chi connectivity index (χ0) is 21.8. The number of alkyl halides is 1. The van der Waals surface area contributed by atoms with Gasteiger partial charge in [-0.2, -0.15) is 0 Å². The Kier molecular flexibility index (Phi) is 19.1. The van der Waals surface area contributed by atoms with Crippen LogP contribution in [0.15, 0.2) is 0 Å². The van der Waals surface area contributed by atoms with Gasteiger partial charge >= 0.3 is 0 Å². The molecule has 0 aromatic heterocycles. The quantitative estimate of drug-likeness (QED) is 0.148. The van der Waals surface area contributed by atoms with E-state index < -0.39 is 8.32 Å². The monoisotopic (exact) mass is 458 g/mol.